The van der Waals surface area contributed by atoms with Crippen LogP contribution >= 0.6 is 0 Å². The number of carbonyl (C=O) groups is 1. The van der Waals surface area contributed by atoms with Crippen LogP contribution in [0.5, 0.6) is 11.5 Å². The molecule has 7 nitrogen and oxygen atoms in total. The van der Waals surface area contributed by atoms with Crippen molar-refractivity contribution < 1.29 is 9.53 Å². The fourth-order valence-corrected chi connectivity index (χ4v) is 4.25. The van der Waals surface area contributed by atoms with E-state index in [1.54, 1.807) is 4.90 Å². The summed E-state index contributed by atoms with van der Waals surface area (Å²) in [5.74, 6) is 2.63. The Kier molecular flexibility index (Phi) is 7.31. The Hall–Kier alpha value is -4.39. The third-order valence-electron chi connectivity index (χ3n) is 6.38. The van der Waals surface area contributed by atoms with Gasteiger partial charge in [-0.25, -0.2) is 14.8 Å². The molecule has 7 heteroatoms. The molecule has 0 spiro atoms. The number of amides is 2. The molecule has 1 aromatic heterocycles. The lowest BCUT2D eigenvalue weighted by Crippen LogP contribution is -2.39. The Balaban J connectivity index is 1.16. The van der Waals surface area contributed by atoms with E-state index in [4.69, 9.17) is 9.72 Å². The number of hydrogen-bond donors (Lipinski definition) is 2. The highest BCUT2D eigenvalue weighted by Crippen LogP contribution is 2.23. The number of anilines is 2. The van der Waals surface area contributed by atoms with E-state index in [0.717, 1.165) is 34.0 Å². The zero-order chi connectivity index (χ0) is 25.6. The van der Waals surface area contributed by atoms with E-state index >= 15 is 0 Å². The van der Waals surface area contributed by atoms with Crippen LogP contribution in [0.2, 0.25) is 0 Å². The Morgan fingerprint density at radius 2 is 1.78 bits per heavy atom. The van der Waals surface area contributed by atoms with Gasteiger partial charge in [-0.2, -0.15) is 0 Å². The van der Waals surface area contributed by atoms with Crippen LogP contribution in [0.15, 0.2) is 85.1 Å². The average molecular weight is 494 g/mol. The molecule has 0 fully saturated rings. The monoisotopic (exact) mass is 493 g/mol. The molecule has 4 aromatic rings. The number of ether oxygens (including phenoxy) is 1. The van der Waals surface area contributed by atoms with E-state index in [9.17, 15) is 4.79 Å². The van der Waals surface area contributed by atoms with Gasteiger partial charge >= 0.3 is 6.03 Å². The summed E-state index contributed by atoms with van der Waals surface area (Å²) in [5.41, 5.74) is 5.07. The molecule has 1 aliphatic rings. The summed E-state index contributed by atoms with van der Waals surface area (Å²) in [6.07, 6.45) is 2.50. The number of rotatable bonds is 7. The molecule has 2 N–H and O–H groups in total. The molecule has 2 amide bonds. The molecule has 0 radical (unpaired) electrons. The maximum atomic E-state index is 12.8. The summed E-state index contributed by atoms with van der Waals surface area (Å²) in [5, 5.41) is 6.31. The Morgan fingerprint density at radius 3 is 2.57 bits per heavy atom. The molecule has 3 aromatic carbocycles. The van der Waals surface area contributed by atoms with Crippen molar-refractivity contribution in [1.82, 2.24) is 14.9 Å². The summed E-state index contributed by atoms with van der Waals surface area (Å²) in [4.78, 5) is 23.8. The van der Waals surface area contributed by atoms with Gasteiger partial charge in [-0.1, -0.05) is 56.3 Å². The van der Waals surface area contributed by atoms with Gasteiger partial charge in [0.1, 0.15) is 11.5 Å². The van der Waals surface area contributed by atoms with Gasteiger partial charge in [0, 0.05) is 37.0 Å². The van der Waals surface area contributed by atoms with Crippen LogP contribution in [0.1, 0.15) is 42.1 Å². The number of hydrogen-bond acceptors (Lipinski definition) is 5. The molecule has 0 bridgehead atoms. The maximum Gasteiger partial charge on any atom is 0.322 e. The van der Waals surface area contributed by atoms with Crippen molar-refractivity contribution in [3.63, 3.8) is 0 Å². The molecule has 37 heavy (non-hydrogen) atoms. The molecule has 1 aliphatic heterocycles. The van der Waals surface area contributed by atoms with Crippen LogP contribution in [-0.2, 0) is 19.5 Å². The molecular formula is C30H31N5O2. The molecule has 0 atom stereocenters. The van der Waals surface area contributed by atoms with Gasteiger partial charge in [-0.15, -0.1) is 0 Å². The van der Waals surface area contributed by atoms with E-state index in [0.29, 0.717) is 37.9 Å². The number of para-hydroxylation sites is 1. The number of aromatic nitrogens is 2. The van der Waals surface area contributed by atoms with Crippen LogP contribution in [0, 0.1) is 0 Å². The second-order valence-electron chi connectivity index (χ2n) is 9.46. The second-order valence-corrected chi connectivity index (χ2v) is 9.46. The summed E-state index contributed by atoms with van der Waals surface area (Å²) in [6, 6.07) is 25.6. The number of nitrogens with one attached hydrogen (secondary N) is 2. The van der Waals surface area contributed by atoms with Crippen molar-refractivity contribution in [3.05, 3.63) is 107 Å². The van der Waals surface area contributed by atoms with Gasteiger partial charge in [-0.3, -0.25) is 0 Å². The molecule has 188 valence electrons. The lowest BCUT2D eigenvalue weighted by molar-refractivity contribution is 0.206. The largest absolute Gasteiger partial charge is 0.457 e. The van der Waals surface area contributed by atoms with Crippen molar-refractivity contribution >= 4 is 17.7 Å². The molecule has 0 aliphatic carbocycles. The van der Waals surface area contributed by atoms with Crippen molar-refractivity contribution in [2.75, 3.05) is 17.2 Å². The first kappa shape index (κ1) is 24.3. The average Bonchev–Trinajstić information content (AvgIpc) is 2.92. The third-order valence-corrected chi connectivity index (χ3v) is 6.38. The minimum absolute atomic E-state index is 0.109. The fourth-order valence-electron chi connectivity index (χ4n) is 4.25. The highest BCUT2D eigenvalue weighted by atomic mass is 16.5. The highest BCUT2D eigenvalue weighted by molar-refractivity contribution is 5.89. The van der Waals surface area contributed by atoms with Crippen LogP contribution < -0.4 is 15.4 Å². The molecule has 0 saturated carbocycles. The smallest absolute Gasteiger partial charge is 0.322 e. The van der Waals surface area contributed by atoms with Gasteiger partial charge in [0.05, 0.1) is 12.2 Å². The van der Waals surface area contributed by atoms with Gasteiger partial charge < -0.3 is 20.3 Å². The van der Waals surface area contributed by atoms with E-state index in [1.165, 1.54) is 5.56 Å². The van der Waals surface area contributed by atoms with E-state index in [2.05, 4.69) is 41.6 Å². The summed E-state index contributed by atoms with van der Waals surface area (Å²) in [6.45, 7) is 5.99. The number of fused-ring (bicyclic) bond motifs is 1. The molecule has 0 unspecified atom stereocenters. The van der Waals surface area contributed by atoms with Crippen molar-refractivity contribution in [3.8, 4) is 11.5 Å². The summed E-state index contributed by atoms with van der Waals surface area (Å²) < 4.78 is 5.93. The van der Waals surface area contributed by atoms with Gasteiger partial charge in [0.15, 0.2) is 0 Å². The topological polar surface area (TPSA) is 79.4 Å². The predicted molar refractivity (Wildman–Crippen MR) is 146 cm³/mol. The number of carbonyl (C=O) groups excluding carboxylic acids is 1. The molecular weight excluding hydrogens is 462 g/mol. The number of urea groups is 1. The summed E-state index contributed by atoms with van der Waals surface area (Å²) >= 11 is 0. The van der Waals surface area contributed by atoms with E-state index in [-0.39, 0.29) is 6.03 Å². The third kappa shape index (κ3) is 6.25. The van der Waals surface area contributed by atoms with E-state index < -0.39 is 0 Å². The number of nitrogens with zero attached hydrogens (tertiary/aromatic N) is 3. The lowest BCUT2D eigenvalue weighted by atomic mass is 10.0. The first-order chi connectivity index (χ1) is 18.0. The quantitative estimate of drug-likeness (QED) is 0.303. The van der Waals surface area contributed by atoms with Gasteiger partial charge in [-0.05, 0) is 53.4 Å². The normalized spacial score (nSPS) is 12.7. The van der Waals surface area contributed by atoms with Crippen molar-refractivity contribution in [1.29, 1.82) is 0 Å². The number of benzene rings is 3. The predicted octanol–water partition coefficient (Wildman–Crippen LogP) is 6.59. The fraction of sp³-hybridized carbons (Fsp3) is 0.233. The van der Waals surface area contributed by atoms with Gasteiger partial charge in [0.25, 0.3) is 0 Å². The zero-order valence-electron chi connectivity index (χ0n) is 21.1. The van der Waals surface area contributed by atoms with Crippen LogP contribution in [-0.4, -0.2) is 27.4 Å². The Morgan fingerprint density at radius 1 is 1.00 bits per heavy atom. The standard InChI is InChI=1S/C30H31N5O2/c1-21(2)23-11-13-25(14-12-23)33-30(36)35-16-15-28-24(20-35)19-32-29(34-28)31-18-22-7-6-10-27(17-22)37-26-8-4-3-5-9-26/h3-14,17,19,21H,15-16,18,20H2,1-2H3,(H,33,36)(H,31,32,34). The van der Waals surface area contributed by atoms with Crippen LogP contribution in [0.3, 0.4) is 0 Å². The minimum Gasteiger partial charge on any atom is -0.457 e. The summed E-state index contributed by atoms with van der Waals surface area (Å²) in [7, 11) is 0. The highest BCUT2D eigenvalue weighted by Gasteiger charge is 2.22. The first-order valence-electron chi connectivity index (χ1n) is 12.6. The SMILES string of the molecule is CC(C)c1ccc(NC(=O)N2CCc3nc(NCc4cccc(Oc5ccccc5)c4)ncc3C2)cc1. The van der Waals surface area contributed by atoms with Crippen molar-refractivity contribution in [2.24, 2.45) is 0 Å². The van der Waals surface area contributed by atoms with E-state index in [1.807, 2.05) is 72.9 Å². The molecule has 0 saturated heterocycles. The van der Waals surface area contributed by atoms with Crippen molar-refractivity contribution in [2.45, 2.75) is 39.3 Å². The first-order valence-corrected chi connectivity index (χ1v) is 12.6. The molecule has 2 heterocycles. The van der Waals surface area contributed by atoms with Crippen LogP contribution in [0.25, 0.3) is 0 Å². The maximum absolute atomic E-state index is 12.8. The van der Waals surface area contributed by atoms with Crippen LogP contribution in [0.4, 0.5) is 16.4 Å². The van der Waals surface area contributed by atoms with Gasteiger partial charge in [0.2, 0.25) is 5.95 Å². The minimum atomic E-state index is -0.109. The second kappa shape index (κ2) is 11.1. The lowest BCUT2D eigenvalue weighted by Gasteiger charge is -2.28. The Labute approximate surface area is 217 Å². The Bertz CT molecular complexity index is 1360. The molecule has 5 rings (SSSR count). The zero-order valence-corrected chi connectivity index (χ0v) is 21.1.